The first-order chi connectivity index (χ1) is 13.1. The van der Waals surface area contributed by atoms with Crippen LogP contribution in [-0.4, -0.2) is 20.1 Å². The van der Waals surface area contributed by atoms with Gasteiger partial charge < -0.3 is 0 Å². The molecule has 27 heavy (non-hydrogen) atoms. The lowest BCUT2D eigenvalue weighted by molar-refractivity contribution is -0.384. The first-order valence-corrected chi connectivity index (χ1v) is 8.99. The van der Waals surface area contributed by atoms with Gasteiger partial charge in [0.25, 0.3) is 5.69 Å². The fourth-order valence-electron chi connectivity index (χ4n) is 2.79. The number of hydrogen-bond acceptors (Lipinski definition) is 5. The number of nitro benzene ring substituents is 1. The number of benzene rings is 2. The molecule has 0 N–H and O–H groups in total. The fraction of sp³-hybridized carbons (Fsp3) is 0. The highest BCUT2D eigenvalue weighted by Gasteiger charge is 2.14. The van der Waals surface area contributed by atoms with E-state index in [4.69, 9.17) is 0 Å². The second-order valence-corrected chi connectivity index (χ2v) is 6.65. The lowest BCUT2D eigenvalue weighted by Gasteiger charge is -2.00. The third-order valence-corrected chi connectivity index (χ3v) is 4.84. The van der Waals surface area contributed by atoms with Gasteiger partial charge in [0.1, 0.15) is 0 Å². The molecular formula is C20H13N3O3S. The number of non-ortho nitro benzene ring substituents is 1. The highest BCUT2D eigenvalue weighted by molar-refractivity contribution is 7.15. The second kappa shape index (κ2) is 6.97. The maximum Gasteiger partial charge on any atom is 0.270 e. The molecule has 2 aromatic carbocycles. The molecule has 0 saturated carbocycles. The normalized spacial score (nSPS) is 11.3. The Hall–Kier alpha value is -3.58. The first kappa shape index (κ1) is 16.9. The molecule has 0 bridgehead atoms. The van der Waals surface area contributed by atoms with Crippen LogP contribution >= 0.6 is 11.3 Å². The van der Waals surface area contributed by atoms with Gasteiger partial charge in [-0.1, -0.05) is 42.5 Å². The number of ketones is 1. The number of fused-ring (bicyclic) bond motifs is 1. The van der Waals surface area contributed by atoms with Gasteiger partial charge in [0.05, 0.1) is 16.3 Å². The Morgan fingerprint density at radius 3 is 2.74 bits per heavy atom. The van der Waals surface area contributed by atoms with Crippen LogP contribution in [0.5, 0.6) is 0 Å². The summed E-state index contributed by atoms with van der Waals surface area (Å²) in [5, 5.41) is 12.8. The van der Waals surface area contributed by atoms with Gasteiger partial charge in [-0.15, -0.1) is 11.3 Å². The Balaban J connectivity index is 1.73. The minimum atomic E-state index is -0.514. The van der Waals surface area contributed by atoms with Crippen LogP contribution in [-0.2, 0) is 0 Å². The predicted molar refractivity (Wildman–Crippen MR) is 105 cm³/mol. The van der Waals surface area contributed by atoms with Crippen LogP contribution in [0.25, 0.3) is 22.3 Å². The molecule has 4 aromatic rings. The lowest BCUT2D eigenvalue weighted by Crippen LogP contribution is -1.96. The molecule has 0 fully saturated rings. The summed E-state index contributed by atoms with van der Waals surface area (Å²) in [7, 11) is 0. The van der Waals surface area contributed by atoms with Crippen molar-refractivity contribution in [1.29, 1.82) is 0 Å². The Morgan fingerprint density at radius 1 is 1.15 bits per heavy atom. The molecule has 0 atom stereocenters. The van der Waals surface area contributed by atoms with Crippen molar-refractivity contribution < 1.29 is 9.72 Å². The third-order valence-electron chi connectivity index (χ3n) is 4.08. The summed E-state index contributed by atoms with van der Waals surface area (Å²) in [6.07, 6.45) is 5.03. The molecule has 0 aliphatic carbocycles. The van der Waals surface area contributed by atoms with Crippen LogP contribution in [0.3, 0.4) is 0 Å². The van der Waals surface area contributed by atoms with Gasteiger partial charge in [0, 0.05) is 34.8 Å². The van der Waals surface area contributed by atoms with E-state index in [1.165, 1.54) is 35.6 Å². The zero-order chi connectivity index (χ0) is 18.8. The molecule has 2 aromatic heterocycles. The van der Waals surface area contributed by atoms with Crippen molar-refractivity contribution in [2.75, 3.05) is 0 Å². The Bertz CT molecular complexity index is 1180. The maximum absolute atomic E-state index is 12.5. The van der Waals surface area contributed by atoms with E-state index in [0.29, 0.717) is 0 Å². The minimum absolute atomic E-state index is 0.108. The molecule has 0 radical (unpaired) electrons. The number of allylic oxidation sites excluding steroid dienone is 1. The van der Waals surface area contributed by atoms with Crippen LogP contribution in [0.15, 0.2) is 72.3 Å². The Kier molecular flexibility index (Phi) is 4.35. The smallest absolute Gasteiger partial charge is 0.270 e. The van der Waals surface area contributed by atoms with Crippen molar-refractivity contribution in [3.8, 4) is 11.3 Å². The van der Waals surface area contributed by atoms with Crippen LogP contribution in [0.4, 0.5) is 5.69 Å². The summed E-state index contributed by atoms with van der Waals surface area (Å²) >= 11 is 1.51. The largest absolute Gasteiger partial charge is 0.290 e. The van der Waals surface area contributed by atoms with Crippen LogP contribution in [0, 0.1) is 10.1 Å². The summed E-state index contributed by atoms with van der Waals surface area (Å²) in [6.45, 7) is 0. The minimum Gasteiger partial charge on any atom is -0.290 e. The van der Waals surface area contributed by atoms with E-state index in [2.05, 4.69) is 4.98 Å². The second-order valence-electron chi connectivity index (χ2n) is 5.77. The van der Waals surface area contributed by atoms with Gasteiger partial charge in [-0.05, 0) is 12.2 Å². The summed E-state index contributed by atoms with van der Waals surface area (Å²) in [6, 6.07) is 15.4. The molecule has 2 heterocycles. The van der Waals surface area contributed by atoms with Gasteiger partial charge >= 0.3 is 0 Å². The number of imidazole rings is 1. The monoisotopic (exact) mass is 375 g/mol. The van der Waals surface area contributed by atoms with Crippen molar-refractivity contribution >= 4 is 33.8 Å². The first-order valence-electron chi connectivity index (χ1n) is 8.11. The SMILES string of the molecule is O=C(/C=C/c1c(-c2ccccc2)nc2sccn12)c1cccc([N+](=O)[O-])c1. The number of hydrogen-bond donors (Lipinski definition) is 0. The van der Waals surface area contributed by atoms with E-state index >= 15 is 0 Å². The molecule has 6 nitrogen and oxygen atoms in total. The highest BCUT2D eigenvalue weighted by atomic mass is 32.1. The molecule has 0 unspecified atom stereocenters. The van der Waals surface area contributed by atoms with Crippen molar-refractivity contribution in [2.45, 2.75) is 0 Å². The van der Waals surface area contributed by atoms with E-state index < -0.39 is 4.92 Å². The quantitative estimate of drug-likeness (QED) is 0.216. The number of nitro groups is 1. The number of aromatic nitrogens is 2. The Morgan fingerprint density at radius 2 is 1.96 bits per heavy atom. The fourth-order valence-corrected chi connectivity index (χ4v) is 3.52. The number of carbonyl (C=O) groups is 1. The molecule has 132 valence electrons. The molecule has 4 rings (SSSR count). The summed E-state index contributed by atoms with van der Waals surface area (Å²) in [4.78, 5) is 28.4. The molecule has 0 aliphatic rings. The van der Waals surface area contributed by atoms with Gasteiger partial charge in [0.15, 0.2) is 10.7 Å². The number of thiazole rings is 1. The van der Waals surface area contributed by atoms with Gasteiger partial charge in [-0.25, -0.2) is 4.98 Å². The molecule has 0 amide bonds. The Labute approximate surface area is 158 Å². The summed E-state index contributed by atoms with van der Waals surface area (Å²) in [5.74, 6) is -0.303. The molecule has 7 heteroatoms. The zero-order valence-corrected chi connectivity index (χ0v) is 14.8. The van der Waals surface area contributed by atoms with Crippen molar-refractivity contribution in [3.05, 3.63) is 93.6 Å². The molecular weight excluding hydrogens is 362 g/mol. The van der Waals surface area contributed by atoms with Crippen molar-refractivity contribution in [1.82, 2.24) is 9.38 Å². The lowest BCUT2D eigenvalue weighted by atomic mass is 10.1. The van der Waals surface area contributed by atoms with E-state index in [0.717, 1.165) is 21.9 Å². The van der Waals surface area contributed by atoms with Crippen LogP contribution in [0.1, 0.15) is 16.1 Å². The zero-order valence-electron chi connectivity index (χ0n) is 14.0. The summed E-state index contributed by atoms with van der Waals surface area (Å²) < 4.78 is 1.92. The average molecular weight is 375 g/mol. The molecule has 0 spiro atoms. The standard InChI is InChI=1S/C20H13N3O3S/c24-18(15-7-4-8-16(13-15)23(25)26)10-9-17-19(14-5-2-1-3-6-14)21-20-22(17)11-12-27-20/h1-13H/b10-9+. The number of rotatable bonds is 5. The van der Waals surface area contributed by atoms with Crippen LogP contribution in [0.2, 0.25) is 0 Å². The summed E-state index contributed by atoms with van der Waals surface area (Å²) in [5.41, 5.74) is 2.69. The van der Waals surface area contributed by atoms with Crippen LogP contribution < -0.4 is 0 Å². The third kappa shape index (κ3) is 3.28. The maximum atomic E-state index is 12.5. The van der Waals surface area contributed by atoms with Crippen molar-refractivity contribution in [3.63, 3.8) is 0 Å². The van der Waals surface area contributed by atoms with Gasteiger partial charge in [0.2, 0.25) is 0 Å². The predicted octanol–water partition coefficient (Wildman–Crippen LogP) is 4.87. The van der Waals surface area contributed by atoms with Crippen molar-refractivity contribution in [2.24, 2.45) is 0 Å². The number of nitrogens with zero attached hydrogens (tertiary/aromatic N) is 3. The van der Waals surface area contributed by atoms with E-state index in [1.807, 2.05) is 46.3 Å². The highest BCUT2D eigenvalue weighted by Crippen LogP contribution is 2.27. The molecule has 0 aliphatic heterocycles. The number of carbonyl (C=O) groups excluding carboxylic acids is 1. The van der Waals surface area contributed by atoms with E-state index in [9.17, 15) is 14.9 Å². The topological polar surface area (TPSA) is 77.5 Å². The average Bonchev–Trinajstić information content (AvgIpc) is 3.28. The molecule has 0 saturated heterocycles. The van der Waals surface area contributed by atoms with Gasteiger partial charge in [-0.2, -0.15) is 0 Å². The van der Waals surface area contributed by atoms with E-state index in [1.54, 1.807) is 12.1 Å². The van der Waals surface area contributed by atoms with E-state index in [-0.39, 0.29) is 17.0 Å². The van der Waals surface area contributed by atoms with Gasteiger partial charge in [-0.3, -0.25) is 19.3 Å².